The van der Waals surface area contributed by atoms with E-state index in [1.54, 1.807) is 73.8 Å². The zero-order valence-electron chi connectivity index (χ0n) is 17.4. The Kier molecular flexibility index (Phi) is 5.36. The van der Waals surface area contributed by atoms with Crippen molar-refractivity contribution in [3.63, 3.8) is 0 Å². The predicted molar refractivity (Wildman–Crippen MR) is 129 cm³/mol. The third-order valence-corrected chi connectivity index (χ3v) is 6.70. The van der Waals surface area contributed by atoms with Crippen LogP contribution in [0.4, 0.5) is 5.13 Å². The summed E-state index contributed by atoms with van der Waals surface area (Å²) in [4.78, 5) is 32.4. The van der Waals surface area contributed by atoms with Gasteiger partial charge < -0.3 is 9.84 Å². The molecule has 5 rings (SSSR count). The summed E-state index contributed by atoms with van der Waals surface area (Å²) >= 11 is 7.50. The number of ketones is 1. The maximum atomic E-state index is 13.3. The number of halogens is 1. The lowest BCUT2D eigenvalue weighted by Gasteiger charge is -2.23. The topological polar surface area (TPSA) is 79.7 Å². The Labute approximate surface area is 198 Å². The Morgan fingerprint density at radius 1 is 1.06 bits per heavy atom. The van der Waals surface area contributed by atoms with E-state index in [-0.39, 0.29) is 11.3 Å². The van der Waals surface area contributed by atoms with Gasteiger partial charge in [-0.1, -0.05) is 65.4 Å². The van der Waals surface area contributed by atoms with Crippen molar-refractivity contribution in [3.05, 3.63) is 94.5 Å². The molecule has 1 atom stereocenters. The maximum absolute atomic E-state index is 13.3. The van der Waals surface area contributed by atoms with Crippen LogP contribution in [0.1, 0.15) is 17.2 Å². The molecule has 1 aromatic heterocycles. The number of carbonyl (C=O) groups excluding carboxylic acids is 2. The van der Waals surface area contributed by atoms with Crippen molar-refractivity contribution < 1.29 is 19.4 Å². The highest BCUT2D eigenvalue weighted by Gasteiger charge is 2.48. The van der Waals surface area contributed by atoms with Gasteiger partial charge in [0.15, 0.2) is 5.13 Å². The maximum Gasteiger partial charge on any atom is 0.301 e. The molecule has 1 N–H and O–H groups in total. The Morgan fingerprint density at radius 3 is 2.58 bits per heavy atom. The van der Waals surface area contributed by atoms with Gasteiger partial charge in [0.2, 0.25) is 0 Å². The molecular weight excluding hydrogens is 460 g/mol. The third-order valence-electron chi connectivity index (χ3n) is 5.45. The van der Waals surface area contributed by atoms with Crippen LogP contribution in [0.3, 0.4) is 0 Å². The summed E-state index contributed by atoms with van der Waals surface area (Å²) in [5.74, 6) is -1.12. The summed E-state index contributed by atoms with van der Waals surface area (Å²) in [5, 5.41) is 11.9. The lowest BCUT2D eigenvalue weighted by atomic mass is 9.95. The Morgan fingerprint density at radius 2 is 1.85 bits per heavy atom. The fraction of sp³-hybridized carbons (Fsp3) is 0.0800. The molecule has 164 valence electrons. The van der Waals surface area contributed by atoms with Crippen molar-refractivity contribution in [1.82, 2.24) is 4.98 Å². The second-order valence-electron chi connectivity index (χ2n) is 7.42. The van der Waals surface area contributed by atoms with Crippen LogP contribution in [0.15, 0.2) is 78.4 Å². The number of Topliss-reactive ketones (excluding diaryl/α,β-unsaturated/α-hetero) is 1. The first-order chi connectivity index (χ1) is 16.0. The molecule has 33 heavy (non-hydrogen) atoms. The molecule has 1 fully saturated rings. The molecule has 4 aromatic rings. The van der Waals surface area contributed by atoms with Crippen molar-refractivity contribution in [2.75, 3.05) is 12.0 Å². The molecule has 1 amide bonds. The number of aromatic nitrogens is 1. The summed E-state index contributed by atoms with van der Waals surface area (Å²) in [7, 11) is 1.57. The number of ether oxygens (including phenoxy) is 1. The normalized spacial score (nSPS) is 17.6. The SMILES string of the molecule is COc1ccc2nc(N3C(=O)C(=O)C(=C(O)c4ccccc4)[C@H]3c3cccc(Cl)c3)sc2c1. The molecular formula is C25H17ClN2O4S. The van der Waals surface area contributed by atoms with Crippen molar-refractivity contribution in [1.29, 1.82) is 0 Å². The van der Waals surface area contributed by atoms with Gasteiger partial charge in [0, 0.05) is 10.6 Å². The minimum absolute atomic E-state index is 0.00898. The largest absolute Gasteiger partial charge is 0.507 e. The van der Waals surface area contributed by atoms with Gasteiger partial charge in [0.05, 0.1) is 28.9 Å². The molecule has 8 heteroatoms. The number of aliphatic hydroxyl groups excluding tert-OH is 1. The fourth-order valence-electron chi connectivity index (χ4n) is 3.90. The number of rotatable bonds is 4. The van der Waals surface area contributed by atoms with Crippen LogP contribution in [-0.4, -0.2) is 28.9 Å². The van der Waals surface area contributed by atoms with E-state index < -0.39 is 17.7 Å². The van der Waals surface area contributed by atoms with E-state index in [0.29, 0.717) is 32.5 Å². The van der Waals surface area contributed by atoms with E-state index in [0.717, 1.165) is 4.70 Å². The number of carbonyl (C=O) groups is 2. The summed E-state index contributed by atoms with van der Waals surface area (Å²) in [6.45, 7) is 0. The number of aliphatic hydroxyl groups is 1. The highest BCUT2D eigenvalue weighted by Crippen LogP contribution is 2.44. The number of methoxy groups -OCH3 is 1. The number of benzene rings is 3. The molecule has 1 aliphatic heterocycles. The van der Waals surface area contributed by atoms with Crippen LogP contribution in [0.25, 0.3) is 16.0 Å². The highest BCUT2D eigenvalue weighted by molar-refractivity contribution is 7.22. The quantitative estimate of drug-likeness (QED) is 0.236. The lowest BCUT2D eigenvalue weighted by Crippen LogP contribution is -2.29. The fourth-order valence-corrected chi connectivity index (χ4v) is 5.12. The summed E-state index contributed by atoms with van der Waals surface area (Å²) < 4.78 is 6.09. The van der Waals surface area contributed by atoms with Crippen LogP contribution < -0.4 is 9.64 Å². The van der Waals surface area contributed by atoms with E-state index in [2.05, 4.69) is 4.98 Å². The van der Waals surface area contributed by atoms with Gasteiger partial charge in [-0.15, -0.1) is 0 Å². The van der Waals surface area contributed by atoms with Crippen molar-refractivity contribution in [2.24, 2.45) is 0 Å². The van der Waals surface area contributed by atoms with Crippen molar-refractivity contribution in [2.45, 2.75) is 6.04 Å². The van der Waals surface area contributed by atoms with E-state index >= 15 is 0 Å². The smallest absolute Gasteiger partial charge is 0.301 e. The van der Waals surface area contributed by atoms with Gasteiger partial charge in [-0.05, 0) is 35.9 Å². The number of hydrogen-bond acceptors (Lipinski definition) is 6. The summed E-state index contributed by atoms with van der Waals surface area (Å²) in [5.41, 5.74) is 1.70. The molecule has 0 spiro atoms. The zero-order valence-corrected chi connectivity index (χ0v) is 18.9. The Hall–Kier alpha value is -3.68. The van der Waals surface area contributed by atoms with Crippen LogP contribution in [-0.2, 0) is 9.59 Å². The van der Waals surface area contributed by atoms with E-state index in [1.165, 1.54) is 16.2 Å². The lowest BCUT2D eigenvalue weighted by molar-refractivity contribution is -0.132. The minimum Gasteiger partial charge on any atom is -0.507 e. The molecule has 2 heterocycles. The first-order valence-corrected chi connectivity index (χ1v) is 11.2. The van der Waals surface area contributed by atoms with Crippen LogP contribution in [0.5, 0.6) is 5.75 Å². The first kappa shape index (κ1) is 21.2. The number of anilines is 1. The molecule has 0 saturated carbocycles. The average Bonchev–Trinajstić information content (AvgIpc) is 3.37. The zero-order chi connectivity index (χ0) is 23.1. The minimum atomic E-state index is -0.883. The number of hydrogen-bond donors (Lipinski definition) is 1. The van der Waals surface area contributed by atoms with E-state index in [1.807, 2.05) is 6.07 Å². The first-order valence-electron chi connectivity index (χ1n) is 10.0. The number of nitrogens with zero attached hydrogens (tertiary/aromatic N) is 2. The summed E-state index contributed by atoms with van der Waals surface area (Å²) in [6.07, 6.45) is 0. The van der Waals surface area contributed by atoms with Gasteiger partial charge in [0.1, 0.15) is 11.5 Å². The van der Waals surface area contributed by atoms with Crippen LogP contribution in [0.2, 0.25) is 5.02 Å². The van der Waals surface area contributed by atoms with Gasteiger partial charge in [-0.3, -0.25) is 14.5 Å². The molecule has 6 nitrogen and oxygen atoms in total. The molecule has 0 radical (unpaired) electrons. The molecule has 0 unspecified atom stereocenters. The van der Waals surface area contributed by atoms with Crippen LogP contribution in [0, 0.1) is 0 Å². The van der Waals surface area contributed by atoms with Crippen molar-refractivity contribution in [3.8, 4) is 5.75 Å². The van der Waals surface area contributed by atoms with Crippen molar-refractivity contribution >= 4 is 55.7 Å². The van der Waals surface area contributed by atoms with Crippen LogP contribution >= 0.6 is 22.9 Å². The standard InChI is InChI=1S/C25H17ClN2O4S/c1-32-17-10-11-18-19(13-17)33-25(27-18)28-21(15-8-5-9-16(26)12-15)20(23(30)24(28)31)22(29)14-6-3-2-4-7-14/h2-13,21,29H,1H3/t21-/m1/s1. The monoisotopic (exact) mass is 476 g/mol. The van der Waals surface area contributed by atoms with Gasteiger partial charge in [-0.2, -0.15) is 0 Å². The molecule has 1 aliphatic rings. The average molecular weight is 477 g/mol. The van der Waals surface area contributed by atoms with Gasteiger partial charge >= 0.3 is 5.91 Å². The Balaban J connectivity index is 1.73. The van der Waals surface area contributed by atoms with Gasteiger partial charge in [-0.25, -0.2) is 4.98 Å². The second-order valence-corrected chi connectivity index (χ2v) is 8.87. The highest BCUT2D eigenvalue weighted by atomic mass is 35.5. The van der Waals surface area contributed by atoms with Gasteiger partial charge in [0.25, 0.3) is 5.78 Å². The third kappa shape index (κ3) is 3.65. The Bertz CT molecular complexity index is 1430. The van der Waals surface area contributed by atoms with E-state index in [4.69, 9.17) is 16.3 Å². The predicted octanol–water partition coefficient (Wildman–Crippen LogP) is 5.58. The molecule has 1 saturated heterocycles. The molecule has 3 aromatic carbocycles. The summed E-state index contributed by atoms with van der Waals surface area (Å²) in [6, 6.07) is 20.1. The second kappa shape index (κ2) is 8.35. The number of amides is 1. The number of fused-ring (bicyclic) bond motifs is 1. The van der Waals surface area contributed by atoms with E-state index in [9.17, 15) is 14.7 Å². The molecule has 0 bridgehead atoms. The number of thiazole rings is 1. The molecule has 0 aliphatic carbocycles.